The van der Waals surface area contributed by atoms with Gasteiger partial charge in [0.15, 0.2) is 0 Å². The van der Waals surface area contributed by atoms with E-state index in [1.54, 1.807) is 19.2 Å². The van der Waals surface area contributed by atoms with Gasteiger partial charge in [-0.1, -0.05) is 16.7 Å². The monoisotopic (exact) mass is 310 g/mol. The number of aromatic nitrogens is 2. The summed E-state index contributed by atoms with van der Waals surface area (Å²) in [4.78, 5) is 0. The van der Waals surface area contributed by atoms with Crippen LogP contribution in [0.15, 0.2) is 22.6 Å². The van der Waals surface area contributed by atoms with Gasteiger partial charge in [-0.25, -0.2) is 0 Å². The molecule has 0 bridgehead atoms. The number of hydrogen-bond donors (Lipinski definition) is 2. The first kappa shape index (κ1) is 15.6. The van der Waals surface area contributed by atoms with E-state index in [2.05, 4.69) is 41.6 Å². The second-order valence-electron chi connectivity index (χ2n) is 5.58. The molecule has 0 saturated carbocycles. The third-order valence-corrected chi connectivity index (χ3v) is 2.95. The topological polar surface area (TPSA) is 72.2 Å². The molecule has 0 amide bonds. The second kappa shape index (κ2) is 6.32. The third-order valence-electron chi connectivity index (χ3n) is 2.64. The molecule has 0 unspecified atom stereocenters. The molecule has 7 heteroatoms. The van der Waals surface area contributed by atoms with Crippen LogP contribution in [-0.4, -0.2) is 22.8 Å². The maximum absolute atomic E-state index is 5.97. The van der Waals surface area contributed by atoms with Crippen molar-refractivity contribution in [2.24, 2.45) is 0 Å². The molecule has 0 radical (unpaired) electrons. The van der Waals surface area contributed by atoms with Crippen LogP contribution in [0.1, 0.15) is 26.7 Å². The van der Waals surface area contributed by atoms with E-state index < -0.39 is 0 Å². The van der Waals surface area contributed by atoms with Crippen molar-refractivity contribution in [3.05, 3.63) is 29.1 Å². The van der Waals surface area contributed by atoms with Gasteiger partial charge >= 0.3 is 6.01 Å². The van der Waals surface area contributed by atoms with E-state index >= 15 is 0 Å². The number of rotatable bonds is 5. The Kier molecular flexibility index (Phi) is 4.69. The first-order valence-corrected chi connectivity index (χ1v) is 6.93. The highest BCUT2D eigenvalue weighted by molar-refractivity contribution is 6.32. The van der Waals surface area contributed by atoms with Gasteiger partial charge in [-0.05, 0) is 32.9 Å². The summed E-state index contributed by atoms with van der Waals surface area (Å²) in [5.74, 6) is 1.10. The predicted molar refractivity (Wildman–Crippen MR) is 82.2 cm³/mol. The molecule has 0 aliphatic heterocycles. The summed E-state index contributed by atoms with van der Waals surface area (Å²) in [6.07, 6.45) is 0. The standard InChI is InChI=1S/C14H19ClN4O2/c1-14(2,3)16-8-12-18-19-13(21-12)17-9-5-6-10(15)11(7-9)20-4/h5-7,16H,8H2,1-4H3,(H,17,19). The van der Waals surface area contributed by atoms with Gasteiger partial charge in [0.05, 0.1) is 18.7 Å². The smallest absolute Gasteiger partial charge is 0.320 e. The van der Waals surface area contributed by atoms with Crippen LogP contribution in [0.4, 0.5) is 11.7 Å². The van der Waals surface area contributed by atoms with E-state index in [1.165, 1.54) is 0 Å². The van der Waals surface area contributed by atoms with Crippen LogP contribution in [-0.2, 0) is 6.54 Å². The minimum atomic E-state index is -0.00833. The molecule has 2 aromatic rings. The van der Waals surface area contributed by atoms with Crippen LogP contribution < -0.4 is 15.4 Å². The molecule has 114 valence electrons. The van der Waals surface area contributed by atoms with E-state index in [0.29, 0.717) is 29.2 Å². The molecule has 0 spiro atoms. The molecule has 0 fully saturated rings. The molecule has 0 saturated heterocycles. The molecule has 6 nitrogen and oxygen atoms in total. The summed E-state index contributed by atoms with van der Waals surface area (Å²) in [5.41, 5.74) is 0.751. The van der Waals surface area contributed by atoms with Crippen molar-refractivity contribution in [2.45, 2.75) is 32.9 Å². The molecule has 2 N–H and O–H groups in total. The molecule has 0 atom stereocenters. The fraction of sp³-hybridized carbons (Fsp3) is 0.429. The van der Waals surface area contributed by atoms with Crippen LogP contribution in [0.3, 0.4) is 0 Å². The summed E-state index contributed by atoms with van der Waals surface area (Å²) < 4.78 is 10.7. The number of nitrogens with one attached hydrogen (secondary N) is 2. The molecule has 1 aromatic carbocycles. The largest absolute Gasteiger partial charge is 0.495 e. The number of nitrogens with zero attached hydrogens (tertiary/aromatic N) is 2. The normalized spacial score (nSPS) is 11.5. The highest BCUT2D eigenvalue weighted by Gasteiger charge is 2.12. The van der Waals surface area contributed by atoms with Crippen molar-refractivity contribution in [1.82, 2.24) is 15.5 Å². The van der Waals surface area contributed by atoms with Crippen molar-refractivity contribution < 1.29 is 9.15 Å². The third kappa shape index (κ3) is 4.61. The zero-order chi connectivity index (χ0) is 15.5. The summed E-state index contributed by atoms with van der Waals surface area (Å²) >= 11 is 5.97. The van der Waals surface area contributed by atoms with Crippen molar-refractivity contribution in [3.8, 4) is 5.75 Å². The van der Waals surface area contributed by atoms with Gasteiger partial charge in [0.1, 0.15) is 5.75 Å². The Hall–Kier alpha value is -1.79. The summed E-state index contributed by atoms with van der Waals surface area (Å²) in [7, 11) is 1.56. The highest BCUT2D eigenvalue weighted by atomic mass is 35.5. The van der Waals surface area contributed by atoms with E-state index in [-0.39, 0.29) is 5.54 Å². The average molecular weight is 311 g/mol. The fourth-order valence-corrected chi connectivity index (χ4v) is 1.77. The fourth-order valence-electron chi connectivity index (χ4n) is 1.58. The molecule has 0 aliphatic carbocycles. The molecule has 1 aromatic heterocycles. The van der Waals surface area contributed by atoms with Crippen molar-refractivity contribution in [1.29, 1.82) is 0 Å². The SMILES string of the molecule is COc1cc(Nc2nnc(CNC(C)(C)C)o2)ccc1Cl. The molecule has 2 rings (SSSR count). The van der Waals surface area contributed by atoms with Gasteiger partial charge in [-0.3, -0.25) is 0 Å². The van der Waals surface area contributed by atoms with Gasteiger partial charge < -0.3 is 19.8 Å². The zero-order valence-electron chi connectivity index (χ0n) is 12.5. The Morgan fingerprint density at radius 3 is 2.71 bits per heavy atom. The Morgan fingerprint density at radius 2 is 2.05 bits per heavy atom. The molecule has 0 aliphatic rings. The van der Waals surface area contributed by atoms with E-state index in [0.717, 1.165) is 5.69 Å². The van der Waals surface area contributed by atoms with E-state index in [1.807, 2.05) is 6.07 Å². The second-order valence-corrected chi connectivity index (χ2v) is 5.99. The van der Waals surface area contributed by atoms with Crippen LogP contribution in [0.25, 0.3) is 0 Å². The van der Waals surface area contributed by atoms with Crippen LogP contribution in [0, 0.1) is 0 Å². The first-order chi connectivity index (χ1) is 9.87. The molecular formula is C14H19ClN4O2. The van der Waals surface area contributed by atoms with Gasteiger partial charge in [0.25, 0.3) is 0 Å². The molecule has 1 heterocycles. The number of halogens is 1. The van der Waals surface area contributed by atoms with Crippen molar-refractivity contribution >= 4 is 23.3 Å². The van der Waals surface area contributed by atoms with Crippen molar-refractivity contribution in [3.63, 3.8) is 0 Å². The number of benzene rings is 1. The average Bonchev–Trinajstić information content (AvgIpc) is 2.85. The lowest BCUT2D eigenvalue weighted by molar-refractivity contribution is 0.384. The maximum Gasteiger partial charge on any atom is 0.320 e. The lowest BCUT2D eigenvalue weighted by atomic mass is 10.1. The predicted octanol–water partition coefficient (Wildman–Crippen LogP) is 3.36. The van der Waals surface area contributed by atoms with Crippen LogP contribution in [0.5, 0.6) is 5.75 Å². The number of ether oxygens (including phenoxy) is 1. The summed E-state index contributed by atoms with van der Waals surface area (Å²) in [6, 6.07) is 5.63. The Balaban J connectivity index is 2.02. The summed E-state index contributed by atoms with van der Waals surface area (Å²) in [5, 5.41) is 14.8. The Labute approximate surface area is 128 Å². The van der Waals surface area contributed by atoms with Gasteiger partial charge in [0.2, 0.25) is 5.89 Å². The minimum absolute atomic E-state index is 0.00833. The highest BCUT2D eigenvalue weighted by Crippen LogP contribution is 2.28. The number of hydrogen-bond acceptors (Lipinski definition) is 6. The molecular weight excluding hydrogens is 292 g/mol. The lowest BCUT2D eigenvalue weighted by Crippen LogP contribution is -2.35. The van der Waals surface area contributed by atoms with Gasteiger partial charge in [-0.2, -0.15) is 0 Å². The Bertz CT molecular complexity index is 607. The maximum atomic E-state index is 5.97. The number of anilines is 2. The first-order valence-electron chi connectivity index (χ1n) is 6.55. The van der Waals surface area contributed by atoms with Crippen molar-refractivity contribution in [2.75, 3.05) is 12.4 Å². The van der Waals surface area contributed by atoms with Gasteiger partial charge in [-0.15, -0.1) is 5.10 Å². The quantitative estimate of drug-likeness (QED) is 0.882. The molecule has 21 heavy (non-hydrogen) atoms. The van der Waals surface area contributed by atoms with E-state index in [4.69, 9.17) is 20.8 Å². The van der Waals surface area contributed by atoms with E-state index in [9.17, 15) is 0 Å². The zero-order valence-corrected chi connectivity index (χ0v) is 13.3. The minimum Gasteiger partial charge on any atom is -0.495 e. The Morgan fingerprint density at radius 1 is 1.29 bits per heavy atom. The summed E-state index contributed by atoms with van der Waals surface area (Å²) in [6.45, 7) is 6.73. The van der Waals surface area contributed by atoms with Crippen LogP contribution in [0.2, 0.25) is 5.02 Å². The van der Waals surface area contributed by atoms with Crippen LogP contribution >= 0.6 is 11.6 Å². The number of methoxy groups -OCH3 is 1. The van der Waals surface area contributed by atoms with Gasteiger partial charge in [0, 0.05) is 17.3 Å². The lowest BCUT2D eigenvalue weighted by Gasteiger charge is -2.18.